The van der Waals surface area contributed by atoms with Crippen LogP contribution in [0.25, 0.3) is 17.1 Å². The van der Waals surface area contributed by atoms with Crippen molar-refractivity contribution in [1.82, 2.24) is 19.7 Å². The van der Waals surface area contributed by atoms with Gasteiger partial charge >= 0.3 is 5.97 Å². The molecule has 4 rings (SSSR count). The number of esters is 1. The molecule has 0 N–H and O–H groups in total. The van der Waals surface area contributed by atoms with Crippen LogP contribution in [0.5, 0.6) is 0 Å². The van der Waals surface area contributed by atoms with Gasteiger partial charge in [-0.05, 0) is 42.8 Å². The highest BCUT2D eigenvalue weighted by Crippen LogP contribution is 2.30. The first-order chi connectivity index (χ1) is 16.5. The van der Waals surface area contributed by atoms with Crippen LogP contribution in [0.15, 0.2) is 78.2 Å². The molecule has 0 aliphatic carbocycles. The second-order valence-corrected chi connectivity index (χ2v) is 8.36. The van der Waals surface area contributed by atoms with Crippen LogP contribution in [-0.4, -0.2) is 51.5 Å². The maximum atomic E-state index is 13.1. The number of carbonyl (C=O) groups excluding carboxylic acids is 2. The van der Waals surface area contributed by atoms with E-state index >= 15 is 0 Å². The third kappa shape index (κ3) is 4.69. The van der Waals surface area contributed by atoms with E-state index in [0.717, 1.165) is 16.8 Å². The Labute approximate surface area is 201 Å². The van der Waals surface area contributed by atoms with Crippen LogP contribution >= 0.6 is 11.8 Å². The van der Waals surface area contributed by atoms with Gasteiger partial charge in [-0.2, -0.15) is 0 Å². The standard InChI is InChI=1S/C25H23N5O3S/c1-17-8-4-6-10-20(17)30-23(18-12-14-26-15-13-18)27-28-25(30)34-16-22(31)29(2)21-11-7-5-9-19(21)24(32)33-3/h4-15H,16H2,1-3H3. The summed E-state index contributed by atoms with van der Waals surface area (Å²) in [6, 6.07) is 18.5. The van der Waals surface area contributed by atoms with E-state index in [1.807, 2.05) is 47.9 Å². The Morgan fingerprint density at radius 2 is 1.71 bits per heavy atom. The summed E-state index contributed by atoms with van der Waals surface area (Å²) >= 11 is 1.28. The van der Waals surface area contributed by atoms with Crippen LogP contribution in [-0.2, 0) is 9.53 Å². The Bertz CT molecular complexity index is 1320. The molecule has 0 fully saturated rings. The van der Waals surface area contributed by atoms with Crippen molar-refractivity contribution in [1.29, 1.82) is 0 Å². The second-order valence-electron chi connectivity index (χ2n) is 7.41. The van der Waals surface area contributed by atoms with Gasteiger partial charge in [-0.25, -0.2) is 4.79 Å². The summed E-state index contributed by atoms with van der Waals surface area (Å²) in [5.74, 6) is 0.0817. The molecule has 172 valence electrons. The van der Waals surface area contributed by atoms with E-state index in [-0.39, 0.29) is 11.7 Å². The highest BCUT2D eigenvalue weighted by molar-refractivity contribution is 7.99. The molecule has 0 bridgehead atoms. The summed E-state index contributed by atoms with van der Waals surface area (Å²) in [5, 5.41) is 9.38. The van der Waals surface area contributed by atoms with Gasteiger partial charge in [0.25, 0.3) is 0 Å². The van der Waals surface area contributed by atoms with Crippen LogP contribution in [0.3, 0.4) is 0 Å². The summed E-state index contributed by atoms with van der Waals surface area (Å²) in [5.41, 5.74) is 3.66. The lowest BCUT2D eigenvalue weighted by Gasteiger charge is -2.20. The summed E-state index contributed by atoms with van der Waals surface area (Å²) in [6.07, 6.45) is 3.41. The molecule has 0 aliphatic rings. The van der Waals surface area contributed by atoms with Gasteiger partial charge in [0.2, 0.25) is 5.91 Å². The number of para-hydroxylation sites is 2. The van der Waals surface area contributed by atoms with E-state index in [2.05, 4.69) is 15.2 Å². The number of ether oxygens (including phenoxy) is 1. The molecule has 2 aromatic heterocycles. The van der Waals surface area contributed by atoms with Gasteiger partial charge in [0.15, 0.2) is 11.0 Å². The first-order valence-corrected chi connectivity index (χ1v) is 11.5. The zero-order valence-electron chi connectivity index (χ0n) is 19.0. The second kappa shape index (κ2) is 10.3. The number of aryl methyl sites for hydroxylation is 1. The molecule has 4 aromatic rings. The van der Waals surface area contributed by atoms with Crippen LogP contribution in [0.4, 0.5) is 5.69 Å². The summed E-state index contributed by atoms with van der Waals surface area (Å²) in [7, 11) is 2.95. The lowest BCUT2D eigenvalue weighted by atomic mass is 10.1. The third-order valence-electron chi connectivity index (χ3n) is 5.30. The fourth-order valence-electron chi connectivity index (χ4n) is 3.49. The molecule has 1 amide bonds. The highest BCUT2D eigenvalue weighted by atomic mass is 32.2. The molecule has 0 aliphatic heterocycles. The van der Waals surface area contributed by atoms with Gasteiger partial charge in [-0.1, -0.05) is 42.1 Å². The average Bonchev–Trinajstić information content (AvgIpc) is 3.30. The predicted octanol–water partition coefficient (Wildman–Crippen LogP) is 4.18. The Morgan fingerprint density at radius 3 is 2.44 bits per heavy atom. The number of carbonyl (C=O) groups is 2. The molecule has 34 heavy (non-hydrogen) atoms. The number of nitrogens with zero attached hydrogens (tertiary/aromatic N) is 5. The average molecular weight is 474 g/mol. The van der Waals surface area contributed by atoms with Gasteiger partial charge < -0.3 is 9.64 Å². The predicted molar refractivity (Wildman–Crippen MR) is 131 cm³/mol. The van der Waals surface area contributed by atoms with Crippen molar-refractivity contribution < 1.29 is 14.3 Å². The highest BCUT2D eigenvalue weighted by Gasteiger charge is 2.22. The quantitative estimate of drug-likeness (QED) is 0.294. The molecule has 8 nitrogen and oxygen atoms in total. The van der Waals surface area contributed by atoms with Crippen LogP contribution in [0.1, 0.15) is 15.9 Å². The molecular formula is C25H23N5O3S. The van der Waals surface area contributed by atoms with E-state index in [1.54, 1.807) is 43.7 Å². The number of hydrogen-bond donors (Lipinski definition) is 0. The maximum Gasteiger partial charge on any atom is 0.339 e. The van der Waals surface area contributed by atoms with E-state index < -0.39 is 5.97 Å². The summed E-state index contributed by atoms with van der Waals surface area (Å²) < 4.78 is 6.80. The molecule has 2 aromatic carbocycles. The number of pyridine rings is 1. The Kier molecular flexibility index (Phi) is 7.03. The van der Waals surface area contributed by atoms with Crippen molar-refractivity contribution in [2.24, 2.45) is 0 Å². The minimum absolute atomic E-state index is 0.104. The number of aromatic nitrogens is 4. The first-order valence-electron chi connectivity index (χ1n) is 10.5. The molecule has 0 atom stereocenters. The van der Waals surface area contributed by atoms with Gasteiger partial charge in [0, 0.05) is 25.0 Å². The number of thioether (sulfide) groups is 1. The van der Waals surface area contributed by atoms with E-state index in [4.69, 9.17) is 4.74 Å². The summed E-state index contributed by atoms with van der Waals surface area (Å²) in [4.78, 5) is 30.7. The van der Waals surface area contributed by atoms with Crippen molar-refractivity contribution in [2.45, 2.75) is 12.1 Å². The van der Waals surface area contributed by atoms with E-state index in [9.17, 15) is 9.59 Å². The zero-order valence-corrected chi connectivity index (χ0v) is 19.8. The van der Waals surface area contributed by atoms with Crippen LogP contribution < -0.4 is 4.90 Å². The Balaban J connectivity index is 1.63. The number of benzene rings is 2. The monoisotopic (exact) mass is 473 g/mol. The largest absolute Gasteiger partial charge is 0.465 e. The van der Waals surface area contributed by atoms with Gasteiger partial charge in [0.1, 0.15) is 0 Å². The van der Waals surface area contributed by atoms with Crippen molar-refractivity contribution in [3.05, 3.63) is 84.2 Å². The van der Waals surface area contributed by atoms with Crippen molar-refractivity contribution >= 4 is 29.3 Å². The molecular weight excluding hydrogens is 450 g/mol. The zero-order chi connectivity index (χ0) is 24.1. The molecule has 0 radical (unpaired) electrons. The molecule has 0 spiro atoms. The van der Waals surface area contributed by atoms with Gasteiger partial charge in [0.05, 0.1) is 29.8 Å². The Morgan fingerprint density at radius 1 is 1.00 bits per heavy atom. The van der Waals surface area contributed by atoms with Crippen LogP contribution in [0, 0.1) is 6.92 Å². The minimum atomic E-state index is -0.496. The van der Waals surface area contributed by atoms with Crippen molar-refractivity contribution in [2.75, 3.05) is 24.8 Å². The topological polar surface area (TPSA) is 90.2 Å². The number of amides is 1. The lowest BCUT2D eigenvalue weighted by molar-refractivity contribution is -0.115. The molecule has 9 heteroatoms. The number of methoxy groups -OCH3 is 1. The number of rotatable bonds is 7. The molecule has 0 saturated carbocycles. The van der Waals surface area contributed by atoms with E-state index in [1.165, 1.54) is 23.8 Å². The summed E-state index contributed by atoms with van der Waals surface area (Å²) in [6.45, 7) is 2.02. The van der Waals surface area contributed by atoms with Crippen LogP contribution in [0.2, 0.25) is 0 Å². The SMILES string of the molecule is COC(=O)c1ccccc1N(C)C(=O)CSc1nnc(-c2ccncc2)n1-c1ccccc1C. The molecule has 0 unspecified atom stereocenters. The fraction of sp³-hybridized carbons (Fsp3) is 0.160. The van der Waals surface area contributed by atoms with Gasteiger partial charge in [-0.3, -0.25) is 14.3 Å². The first kappa shape index (κ1) is 23.2. The third-order valence-corrected chi connectivity index (χ3v) is 6.21. The minimum Gasteiger partial charge on any atom is -0.465 e. The fourth-order valence-corrected chi connectivity index (χ4v) is 4.35. The van der Waals surface area contributed by atoms with Gasteiger partial charge in [-0.15, -0.1) is 10.2 Å². The van der Waals surface area contributed by atoms with Crippen molar-refractivity contribution in [3.63, 3.8) is 0 Å². The van der Waals surface area contributed by atoms with Crippen molar-refractivity contribution in [3.8, 4) is 17.1 Å². The maximum absolute atomic E-state index is 13.1. The molecule has 2 heterocycles. The normalized spacial score (nSPS) is 10.7. The Hall–Kier alpha value is -3.98. The number of hydrogen-bond acceptors (Lipinski definition) is 7. The molecule has 0 saturated heterocycles. The number of anilines is 1. The van der Waals surface area contributed by atoms with E-state index in [0.29, 0.717) is 22.2 Å². The lowest BCUT2D eigenvalue weighted by Crippen LogP contribution is -2.29. The smallest absolute Gasteiger partial charge is 0.339 e.